The maximum Gasteiger partial charge on any atom is 0.0879 e. The summed E-state index contributed by atoms with van der Waals surface area (Å²) in [6, 6.07) is 8.12. The summed E-state index contributed by atoms with van der Waals surface area (Å²) >= 11 is 0. The van der Waals surface area contributed by atoms with Gasteiger partial charge in [0.2, 0.25) is 0 Å². The summed E-state index contributed by atoms with van der Waals surface area (Å²) in [4.78, 5) is 0. The fourth-order valence-electron chi connectivity index (χ4n) is 2.02. The summed E-state index contributed by atoms with van der Waals surface area (Å²) < 4.78 is 0. The van der Waals surface area contributed by atoms with Gasteiger partial charge >= 0.3 is 0 Å². The van der Waals surface area contributed by atoms with Gasteiger partial charge in [0.25, 0.3) is 0 Å². The fourth-order valence-corrected chi connectivity index (χ4v) is 2.02. The van der Waals surface area contributed by atoms with Crippen LogP contribution in [0.3, 0.4) is 0 Å². The lowest BCUT2D eigenvalue weighted by atomic mass is 9.87. The van der Waals surface area contributed by atoms with Crippen LogP contribution >= 0.6 is 0 Å². The van der Waals surface area contributed by atoms with Crippen LogP contribution in [-0.2, 0) is 5.41 Å². The molecule has 2 rings (SSSR count). The Hall–Kier alpha value is -1.31. The third-order valence-corrected chi connectivity index (χ3v) is 2.70. The van der Waals surface area contributed by atoms with Crippen LogP contribution in [0.15, 0.2) is 29.4 Å². The average Bonchev–Trinajstić information content (AvgIpc) is 2.39. The lowest BCUT2D eigenvalue weighted by molar-refractivity contribution is 0.317. The van der Waals surface area contributed by atoms with Crippen molar-refractivity contribution in [2.45, 2.75) is 25.7 Å². The lowest BCUT2D eigenvalue weighted by Crippen LogP contribution is -2.12. The molecule has 0 radical (unpaired) electrons. The molecule has 0 amide bonds. The van der Waals surface area contributed by atoms with E-state index in [1.165, 1.54) is 5.56 Å². The standard InChI is InChI=1S/C11H13NO/c1-11(2)7-10(12-13)8-5-3-4-6-9(8)11/h3-6,13H,7H2,1-2H3/b12-10+. The quantitative estimate of drug-likeness (QED) is 0.477. The Balaban J connectivity index is 2.64. The van der Waals surface area contributed by atoms with E-state index in [9.17, 15) is 0 Å². The maximum atomic E-state index is 8.83. The van der Waals surface area contributed by atoms with Gasteiger partial charge in [-0.25, -0.2) is 0 Å². The number of fused-ring (bicyclic) bond motifs is 1. The van der Waals surface area contributed by atoms with Crippen LogP contribution in [0.4, 0.5) is 0 Å². The summed E-state index contributed by atoms with van der Waals surface area (Å²) in [5.41, 5.74) is 3.29. The smallest absolute Gasteiger partial charge is 0.0879 e. The van der Waals surface area contributed by atoms with Crippen LogP contribution in [-0.4, -0.2) is 10.9 Å². The first-order valence-corrected chi connectivity index (χ1v) is 4.46. The van der Waals surface area contributed by atoms with Gasteiger partial charge in [-0.15, -0.1) is 0 Å². The second-order valence-electron chi connectivity index (χ2n) is 4.15. The summed E-state index contributed by atoms with van der Waals surface area (Å²) in [6.07, 6.45) is 0.822. The molecule has 68 valence electrons. The molecule has 0 aromatic heterocycles. The molecule has 0 bridgehead atoms. The summed E-state index contributed by atoms with van der Waals surface area (Å²) in [5.74, 6) is 0. The second kappa shape index (κ2) is 2.59. The van der Waals surface area contributed by atoms with Crippen LogP contribution in [0.2, 0.25) is 0 Å². The Morgan fingerprint density at radius 2 is 2.00 bits per heavy atom. The van der Waals surface area contributed by atoms with Gasteiger partial charge in [0.15, 0.2) is 0 Å². The van der Waals surface area contributed by atoms with Crippen LogP contribution < -0.4 is 0 Å². The molecule has 13 heavy (non-hydrogen) atoms. The van der Waals surface area contributed by atoms with E-state index in [0.717, 1.165) is 17.7 Å². The van der Waals surface area contributed by atoms with E-state index in [0.29, 0.717) is 0 Å². The molecule has 1 aromatic carbocycles. The van der Waals surface area contributed by atoms with Gasteiger partial charge in [-0.1, -0.05) is 43.3 Å². The van der Waals surface area contributed by atoms with E-state index in [1.807, 2.05) is 18.2 Å². The van der Waals surface area contributed by atoms with Crippen molar-refractivity contribution in [3.8, 4) is 0 Å². The molecule has 0 fully saturated rings. The fraction of sp³-hybridized carbons (Fsp3) is 0.364. The molecule has 0 unspecified atom stereocenters. The second-order valence-corrected chi connectivity index (χ2v) is 4.15. The average molecular weight is 175 g/mol. The normalized spacial score (nSPS) is 21.8. The number of hydrogen-bond donors (Lipinski definition) is 1. The molecule has 2 nitrogen and oxygen atoms in total. The van der Waals surface area contributed by atoms with Crippen molar-refractivity contribution in [1.82, 2.24) is 0 Å². The minimum atomic E-state index is 0.109. The Morgan fingerprint density at radius 1 is 1.31 bits per heavy atom. The van der Waals surface area contributed by atoms with Crippen molar-refractivity contribution in [3.63, 3.8) is 0 Å². The molecular weight excluding hydrogens is 162 g/mol. The van der Waals surface area contributed by atoms with Gasteiger partial charge in [0, 0.05) is 12.0 Å². The first kappa shape index (κ1) is 8.30. The molecule has 0 aliphatic heterocycles. The molecule has 1 aromatic rings. The Morgan fingerprint density at radius 3 is 2.69 bits per heavy atom. The van der Waals surface area contributed by atoms with Crippen LogP contribution in [0.5, 0.6) is 0 Å². The van der Waals surface area contributed by atoms with Crippen LogP contribution in [0, 0.1) is 0 Å². The highest BCUT2D eigenvalue weighted by molar-refractivity contribution is 6.05. The van der Waals surface area contributed by atoms with E-state index in [4.69, 9.17) is 5.21 Å². The monoisotopic (exact) mass is 175 g/mol. The third kappa shape index (κ3) is 1.13. The Kier molecular flexibility index (Phi) is 1.65. The van der Waals surface area contributed by atoms with E-state index in [1.54, 1.807) is 0 Å². The van der Waals surface area contributed by atoms with E-state index < -0.39 is 0 Å². The predicted octanol–water partition coefficient (Wildman–Crippen LogP) is 2.55. The predicted molar refractivity (Wildman–Crippen MR) is 52.4 cm³/mol. The molecule has 0 saturated heterocycles. The highest BCUT2D eigenvalue weighted by atomic mass is 16.4. The molecule has 2 heteroatoms. The number of oxime groups is 1. The van der Waals surface area contributed by atoms with Gasteiger partial charge in [-0.05, 0) is 11.0 Å². The third-order valence-electron chi connectivity index (χ3n) is 2.70. The molecule has 1 N–H and O–H groups in total. The molecule has 0 heterocycles. The Labute approximate surface area is 77.9 Å². The zero-order chi connectivity index (χ0) is 9.47. The molecule has 0 atom stereocenters. The van der Waals surface area contributed by atoms with Gasteiger partial charge in [-0.2, -0.15) is 0 Å². The number of rotatable bonds is 0. The molecular formula is C11H13NO. The van der Waals surface area contributed by atoms with Crippen molar-refractivity contribution in [3.05, 3.63) is 35.4 Å². The van der Waals surface area contributed by atoms with E-state index >= 15 is 0 Å². The van der Waals surface area contributed by atoms with Crippen molar-refractivity contribution in [2.75, 3.05) is 0 Å². The molecule has 0 spiro atoms. The van der Waals surface area contributed by atoms with Crippen molar-refractivity contribution < 1.29 is 5.21 Å². The zero-order valence-electron chi connectivity index (χ0n) is 7.91. The topological polar surface area (TPSA) is 32.6 Å². The Bertz CT molecular complexity index is 366. The van der Waals surface area contributed by atoms with E-state index in [2.05, 4.69) is 25.1 Å². The maximum absolute atomic E-state index is 8.83. The van der Waals surface area contributed by atoms with E-state index in [-0.39, 0.29) is 5.41 Å². The number of hydrogen-bond acceptors (Lipinski definition) is 2. The van der Waals surface area contributed by atoms with Gasteiger partial charge < -0.3 is 5.21 Å². The molecule has 0 saturated carbocycles. The zero-order valence-corrected chi connectivity index (χ0v) is 7.91. The molecule has 1 aliphatic rings. The minimum absolute atomic E-state index is 0.109. The van der Waals surface area contributed by atoms with Gasteiger partial charge in [0.05, 0.1) is 5.71 Å². The SMILES string of the molecule is CC1(C)C/C(=N\O)c2ccccc21. The van der Waals surface area contributed by atoms with Crippen molar-refractivity contribution in [1.29, 1.82) is 0 Å². The largest absolute Gasteiger partial charge is 0.411 e. The summed E-state index contributed by atoms with van der Waals surface area (Å²) in [5, 5.41) is 12.2. The first-order chi connectivity index (χ1) is 6.15. The summed E-state index contributed by atoms with van der Waals surface area (Å²) in [6.45, 7) is 4.34. The highest BCUT2D eigenvalue weighted by Crippen LogP contribution is 2.38. The number of nitrogens with zero attached hydrogens (tertiary/aromatic N) is 1. The number of benzene rings is 1. The van der Waals surface area contributed by atoms with Crippen molar-refractivity contribution in [2.24, 2.45) is 5.16 Å². The first-order valence-electron chi connectivity index (χ1n) is 4.46. The van der Waals surface area contributed by atoms with Crippen LogP contribution in [0.25, 0.3) is 0 Å². The summed E-state index contributed by atoms with van der Waals surface area (Å²) in [7, 11) is 0. The van der Waals surface area contributed by atoms with Crippen molar-refractivity contribution >= 4 is 5.71 Å². The lowest BCUT2D eigenvalue weighted by Gasteiger charge is -2.17. The minimum Gasteiger partial charge on any atom is -0.411 e. The van der Waals surface area contributed by atoms with Gasteiger partial charge in [-0.3, -0.25) is 0 Å². The molecule has 1 aliphatic carbocycles. The van der Waals surface area contributed by atoms with Crippen LogP contribution in [0.1, 0.15) is 31.4 Å². The van der Waals surface area contributed by atoms with Gasteiger partial charge in [0.1, 0.15) is 0 Å². The highest BCUT2D eigenvalue weighted by Gasteiger charge is 2.33.